The number of fused-ring (bicyclic) bond motifs is 1. The van der Waals surface area contributed by atoms with Crippen molar-refractivity contribution in [3.05, 3.63) is 56.9 Å². The zero-order valence-corrected chi connectivity index (χ0v) is 19.0. The lowest BCUT2D eigenvalue weighted by Gasteiger charge is -2.36. The summed E-state index contributed by atoms with van der Waals surface area (Å²) >= 11 is 0. The summed E-state index contributed by atoms with van der Waals surface area (Å²) in [6.07, 6.45) is 0.773. The molecule has 0 radical (unpaired) electrons. The van der Waals surface area contributed by atoms with Crippen molar-refractivity contribution in [2.75, 3.05) is 38.2 Å². The Labute approximate surface area is 186 Å². The highest BCUT2D eigenvalue weighted by Gasteiger charge is 2.28. The second-order valence-corrected chi connectivity index (χ2v) is 8.08. The van der Waals surface area contributed by atoms with Crippen molar-refractivity contribution < 1.29 is 9.53 Å². The molecular formula is C23H29N5O4. The van der Waals surface area contributed by atoms with Gasteiger partial charge >= 0.3 is 5.69 Å². The lowest BCUT2D eigenvalue weighted by atomic mass is 10.2. The second kappa shape index (κ2) is 8.57. The Hall–Kier alpha value is -3.49. The number of hydrogen-bond acceptors (Lipinski definition) is 5. The molecule has 2 aromatic heterocycles. The molecule has 0 unspecified atom stereocenters. The largest absolute Gasteiger partial charge is 0.495 e. The molecule has 1 aliphatic heterocycles. The van der Waals surface area contributed by atoms with Crippen molar-refractivity contribution >= 4 is 22.6 Å². The number of amides is 1. The van der Waals surface area contributed by atoms with Gasteiger partial charge in [0.25, 0.3) is 11.5 Å². The summed E-state index contributed by atoms with van der Waals surface area (Å²) in [6.45, 7) is 5.03. The molecule has 1 aliphatic rings. The molecule has 1 fully saturated rings. The molecule has 0 atom stereocenters. The van der Waals surface area contributed by atoms with E-state index in [4.69, 9.17) is 4.74 Å². The monoisotopic (exact) mass is 439 g/mol. The molecule has 1 aromatic carbocycles. The second-order valence-electron chi connectivity index (χ2n) is 8.08. The van der Waals surface area contributed by atoms with Crippen molar-refractivity contribution in [3.63, 3.8) is 0 Å². The number of carbonyl (C=O) groups is 1. The van der Waals surface area contributed by atoms with E-state index >= 15 is 0 Å². The Kier molecular flexibility index (Phi) is 5.82. The van der Waals surface area contributed by atoms with Gasteiger partial charge in [0.2, 0.25) is 0 Å². The topological polar surface area (TPSA) is 81.7 Å². The zero-order chi connectivity index (χ0) is 23.0. The molecule has 0 N–H and O–H groups in total. The number of aromatic nitrogens is 3. The van der Waals surface area contributed by atoms with Crippen molar-refractivity contribution in [2.45, 2.75) is 19.9 Å². The van der Waals surface area contributed by atoms with Gasteiger partial charge in [-0.2, -0.15) is 0 Å². The van der Waals surface area contributed by atoms with Crippen LogP contribution in [0.4, 0.5) is 5.69 Å². The van der Waals surface area contributed by atoms with Crippen LogP contribution in [0.1, 0.15) is 23.8 Å². The van der Waals surface area contributed by atoms with Crippen molar-refractivity contribution in [1.82, 2.24) is 18.6 Å². The van der Waals surface area contributed by atoms with Crippen LogP contribution < -0.4 is 20.9 Å². The first kappa shape index (κ1) is 21.7. The predicted octanol–water partition coefficient (Wildman–Crippen LogP) is 1.42. The summed E-state index contributed by atoms with van der Waals surface area (Å²) in [6, 6.07) is 9.50. The van der Waals surface area contributed by atoms with Crippen LogP contribution in [0.5, 0.6) is 5.75 Å². The number of carbonyl (C=O) groups excluding carboxylic acids is 1. The van der Waals surface area contributed by atoms with Crippen molar-refractivity contribution in [3.8, 4) is 5.75 Å². The third-order valence-electron chi connectivity index (χ3n) is 6.15. The van der Waals surface area contributed by atoms with E-state index in [9.17, 15) is 14.4 Å². The van der Waals surface area contributed by atoms with E-state index in [-0.39, 0.29) is 11.5 Å². The number of aryl methyl sites for hydroxylation is 2. The molecule has 9 nitrogen and oxygen atoms in total. The van der Waals surface area contributed by atoms with Crippen LogP contribution in [0, 0.1) is 0 Å². The van der Waals surface area contributed by atoms with E-state index < -0.39 is 5.69 Å². The average molecular weight is 440 g/mol. The van der Waals surface area contributed by atoms with Crippen LogP contribution in [0.3, 0.4) is 0 Å². The molecule has 1 amide bonds. The van der Waals surface area contributed by atoms with E-state index in [0.717, 1.165) is 22.4 Å². The molecule has 170 valence electrons. The lowest BCUT2D eigenvalue weighted by molar-refractivity contribution is 0.0736. The van der Waals surface area contributed by atoms with Gasteiger partial charge in [-0.25, -0.2) is 4.79 Å². The maximum absolute atomic E-state index is 13.5. The smallest absolute Gasteiger partial charge is 0.332 e. The van der Waals surface area contributed by atoms with Crippen LogP contribution in [-0.2, 0) is 20.6 Å². The van der Waals surface area contributed by atoms with Gasteiger partial charge in [0.05, 0.1) is 18.2 Å². The van der Waals surface area contributed by atoms with E-state index in [1.807, 2.05) is 40.7 Å². The van der Waals surface area contributed by atoms with Gasteiger partial charge in [0.15, 0.2) is 0 Å². The van der Waals surface area contributed by atoms with Gasteiger partial charge in [-0.05, 0) is 24.6 Å². The quantitative estimate of drug-likeness (QED) is 0.601. The molecule has 1 saturated heterocycles. The maximum Gasteiger partial charge on any atom is 0.332 e. The highest BCUT2D eigenvalue weighted by molar-refractivity contribution is 5.98. The minimum absolute atomic E-state index is 0.121. The van der Waals surface area contributed by atoms with E-state index in [1.165, 1.54) is 11.6 Å². The standard InChI is InChI=1S/C23H29N5O4/c1-5-10-28-18(15-16-20(28)24(2)23(31)25(3)21(16)29)22(30)27-13-11-26(12-14-27)17-8-6-7-9-19(17)32-4/h6-9,15H,5,10-14H2,1-4H3. The minimum atomic E-state index is -0.401. The van der Waals surface area contributed by atoms with Crippen LogP contribution in [-0.4, -0.2) is 57.8 Å². The number of para-hydroxylation sites is 2. The van der Waals surface area contributed by atoms with E-state index in [1.54, 1.807) is 20.2 Å². The van der Waals surface area contributed by atoms with Crippen LogP contribution in [0.2, 0.25) is 0 Å². The van der Waals surface area contributed by atoms with Gasteiger partial charge in [0.1, 0.15) is 17.1 Å². The van der Waals surface area contributed by atoms with Crippen LogP contribution in [0.25, 0.3) is 11.0 Å². The Balaban J connectivity index is 1.66. The number of hydrogen-bond donors (Lipinski definition) is 0. The number of piperazine rings is 1. The molecule has 0 bridgehead atoms. The van der Waals surface area contributed by atoms with Gasteiger partial charge < -0.3 is 19.1 Å². The molecule has 3 aromatic rings. The fraction of sp³-hybridized carbons (Fsp3) is 0.435. The molecule has 3 heterocycles. The van der Waals surface area contributed by atoms with Gasteiger partial charge in [0, 0.05) is 46.8 Å². The number of ether oxygens (including phenoxy) is 1. The normalized spacial score (nSPS) is 14.2. The van der Waals surface area contributed by atoms with Gasteiger partial charge in [-0.3, -0.25) is 18.7 Å². The summed E-state index contributed by atoms with van der Waals surface area (Å²) < 4.78 is 9.82. The zero-order valence-electron chi connectivity index (χ0n) is 19.0. The Morgan fingerprint density at radius 3 is 2.38 bits per heavy atom. The number of benzene rings is 1. The summed E-state index contributed by atoms with van der Waals surface area (Å²) in [5.74, 6) is 0.691. The highest BCUT2D eigenvalue weighted by atomic mass is 16.5. The summed E-state index contributed by atoms with van der Waals surface area (Å²) in [5, 5.41) is 0.388. The molecule has 32 heavy (non-hydrogen) atoms. The minimum Gasteiger partial charge on any atom is -0.495 e. The highest BCUT2D eigenvalue weighted by Crippen LogP contribution is 2.28. The fourth-order valence-electron chi connectivity index (χ4n) is 4.47. The molecule has 0 saturated carbocycles. The summed E-state index contributed by atoms with van der Waals surface area (Å²) in [4.78, 5) is 42.7. The first-order valence-electron chi connectivity index (χ1n) is 10.9. The molecule has 9 heteroatoms. The third-order valence-corrected chi connectivity index (χ3v) is 6.15. The van der Waals surface area contributed by atoms with Crippen molar-refractivity contribution in [2.24, 2.45) is 14.1 Å². The lowest BCUT2D eigenvalue weighted by Crippen LogP contribution is -2.49. The molecular weight excluding hydrogens is 410 g/mol. The average Bonchev–Trinajstić information content (AvgIpc) is 3.20. The fourth-order valence-corrected chi connectivity index (χ4v) is 4.47. The Morgan fingerprint density at radius 1 is 1.03 bits per heavy atom. The van der Waals surface area contributed by atoms with Crippen LogP contribution >= 0.6 is 0 Å². The maximum atomic E-state index is 13.5. The first-order chi connectivity index (χ1) is 15.4. The van der Waals surface area contributed by atoms with E-state index in [2.05, 4.69) is 4.90 Å². The Morgan fingerprint density at radius 2 is 1.72 bits per heavy atom. The van der Waals surface area contributed by atoms with Gasteiger partial charge in [-0.15, -0.1) is 0 Å². The predicted molar refractivity (Wildman–Crippen MR) is 124 cm³/mol. The molecule has 0 spiro atoms. The first-order valence-corrected chi connectivity index (χ1v) is 10.9. The Bertz CT molecular complexity index is 1280. The third kappa shape index (κ3) is 3.47. The summed E-state index contributed by atoms with van der Waals surface area (Å²) in [7, 11) is 4.75. The van der Waals surface area contributed by atoms with E-state index in [0.29, 0.717) is 49.5 Å². The summed E-state index contributed by atoms with van der Waals surface area (Å²) in [5.41, 5.74) is 1.18. The van der Waals surface area contributed by atoms with Crippen molar-refractivity contribution in [1.29, 1.82) is 0 Å². The number of nitrogens with zero attached hydrogens (tertiary/aromatic N) is 5. The van der Waals surface area contributed by atoms with Crippen LogP contribution in [0.15, 0.2) is 39.9 Å². The van der Waals surface area contributed by atoms with Gasteiger partial charge in [-0.1, -0.05) is 19.1 Å². The molecule has 0 aliphatic carbocycles. The SMILES string of the molecule is CCCn1c(C(=O)N2CCN(c3ccccc3OC)CC2)cc2c(=O)n(C)c(=O)n(C)c21. The molecule has 4 rings (SSSR count). The number of methoxy groups -OCH3 is 1. The number of rotatable bonds is 5. The number of anilines is 1.